The number of hydrogen-bond acceptors (Lipinski definition) is 4. The number of carbonyl (C=O) groups is 2. The molecule has 3 unspecified atom stereocenters. The monoisotopic (exact) mass is 287 g/mol. The van der Waals surface area contributed by atoms with Crippen molar-refractivity contribution in [3.05, 3.63) is 0 Å². The fourth-order valence-corrected chi connectivity index (χ4v) is 2.81. The van der Waals surface area contributed by atoms with Crippen LogP contribution >= 0.6 is 0 Å². The lowest BCUT2D eigenvalue weighted by Gasteiger charge is -2.29. The van der Waals surface area contributed by atoms with Gasteiger partial charge in [0.1, 0.15) is 0 Å². The Morgan fingerprint density at radius 3 is 2.25 bits per heavy atom. The van der Waals surface area contributed by atoms with Gasteiger partial charge in [-0.25, -0.2) is 0 Å². The van der Waals surface area contributed by atoms with Crippen LogP contribution in [0.3, 0.4) is 0 Å². The van der Waals surface area contributed by atoms with Gasteiger partial charge in [-0.3, -0.25) is 9.59 Å². The number of carboxylic acid groups (broad SMARTS) is 1. The topological polar surface area (TPSA) is 76.1 Å². The third kappa shape index (κ3) is 3.30. The highest BCUT2D eigenvalue weighted by atomic mass is 16.5. The molecule has 1 aliphatic carbocycles. The van der Waals surface area contributed by atoms with E-state index in [1.807, 2.05) is 20.8 Å². The maximum Gasteiger partial charge on any atom is 0.307 e. The molecular formula is C14H25NO5. The van der Waals surface area contributed by atoms with Crippen LogP contribution in [0.2, 0.25) is 0 Å². The smallest absolute Gasteiger partial charge is 0.307 e. The Labute approximate surface area is 120 Å². The molecule has 0 spiro atoms. The zero-order valence-electron chi connectivity index (χ0n) is 12.9. The maximum absolute atomic E-state index is 12.6. The van der Waals surface area contributed by atoms with E-state index in [1.54, 1.807) is 19.1 Å². The van der Waals surface area contributed by atoms with Crippen molar-refractivity contribution in [1.82, 2.24) is 4.90 Å². The van der Waals surface area contributed by atoms with E-state index in [4.69, 9.17) is 9.47 Å². The summed E-state index contributed by atoms with van der Waals surface area (Å²) in [6, 6.07) is -0.103. The summed E-state index contributed by atoms with van der Waals surface area (Å²) in [6.07, 6.45) is 0. The molecule has 1 rings (SSSR count). The molecular weight excluding hydrogens is 262 g/mol. The van der Waals surface area contributed by atoms with Gasteiger partial charge in [-0.1, -0.05) is 13.8 Å². The molecule has 3 atom stereocenters. The van der Waals surface area contributed by atoms with Crippen molar-refractivity contribution in [3.8, 4) is 0 Å². The van der Waals surface area contributed by atoms with E-state index in [0.717, 1.165) is 0 Å². The fourth-order valence-electron chi connectivity index (χ4n) is 2.81. The molecule has 1 aliphatic rings. The molecule has 0 aliphatic heterocycles. The number of aliphatic carboxylic acids is 1. The molecule has 6 heteroatoms. The van der Waals surface area contributed by atoms with Crippen molar-refractivity contribution in [2.75, 3.05) is 34.0 Å². The molecule has 1 amide bonds. The van der Waals surface area contributed by atoms with E-state index in [9.17, 15) is 14.7 Å². The van der Waals surface area contributed by atoms with E-state index >= 15 is 0 Å². The molecule has 0 aromatic rings. The predicted molar refractivity (Wildman–Crippen MR) is 73.3 cm³/mol. The summed E-state index contributed by atoms with van der Waals surface area (Å²) in [5.74, 6) is -2.09. The van der Waals surface area contributed by atoms with Gasteiger partial charge in [0, 0.05) is 20.8 Å². The summed E-state index contributed by atoms with van der Waals surface area (Å²) >= 11 is 0. The van der Waals surface area contributed by atoms with Crippen LogP contribution in [-0.2, 0) is 19.1 Å². The van der Waals surface area contributed by atoms with Gasteiger partial charge in [0.05, 0.1) is 31.1 Å². The predicted octanol–water partition coefficient (Wildman–Crippen LogP) is 0.853. The van der Waals surface area contributed by atoms with Gasteiger partial charge < -0.3 is 19.5 Å². The van der Waals surface area contributed by atoms with Crippen LogP contribution in [0.15, 0.2) is 0 Å². The fraction of sp³-hybridized carbons (Fsp3) is 0.857. The minimum absolute atomic E-state index is 0.103. The quantitative estimate of drug-likeness (QED) is 0.716. The van der Waals surface area contributed by atoms with Crippen molar-refractivity contribution < 1.29 is 24.2 Å². The van der Waals surface area contributed by atoms with Crippen LogP contribution in [0, 0.1) is 17.3 Å². The van der Waals surface area contributed by atoms with E-state index < -0.39 is 23.2 Å². The van der Waals surface area contributed by atoms with Crippen molar-refractivity contribution >= 4 is 11.9 Å². The van der Waals surface area contributed by atoms with Crippen LogP contribution in [-0.4, -0.2) is 61.9 Å². The first-order chi connectivity index (χ1) is 9.28. The Kier molecular flexibility index (Phi) is 5.53. The standard InChI is InChI=1S/C14H25NO5/c1-9(8-20-5)15(6-7-19-4)12(16)10-11(13(17)18)14(10,2)3/h9-11H,6-8H2,1-5H3,(H,17,18). The van der Waals surface area contributed by atoms with Crippen LogP contribution < -0.4 is 0 Å². The second kappa shape index (κ2) is 6.54. The highest BCUT2D eigenvalue weighted by Crippen LogP contribution is 2.59. The molecule has 0 aromatic carbocycles. The van der Waals surface area contributed by atoms with E-state index in [2.05, 4.69) is 0 Å². The third-order valence-corrected chi connectivity index (χ3v) is 4.12. The van der Waals surface area contributed by atoms with Gasteiger partial charge in [0.15, 0.2) is 0 Å². The molecule has 0 saturated heterocycles. The Hall–Kier alpha value is -1.14. The van der Waals surface area contributed by atoms with E-state index in [-0.39, 0.29) is 11.9 Å². The molecule has 0 heterocycles. The number of amides is 1. The number of hydrogen-bond donors (Lipinski definition) is 1. The summed E-state index contributed by atoms with van der Waals surface area (Å²) in [5, 5.41) is 9.19. The number of rotatable bonds is 8. The Bertz CT molecular complexity index is 369. The summed E-state index contributed by atoms with van der Waals surface area (Å²) in [7, 11) is 3.15. The number of methoxy groups -OCH3 is 2. The second-order valence-corrected chi connectivity index (χ2v) is 5.94. The molecule has 0 aromatic heterocycles. The lowest BCUT2D eigenvalue weighted by molar-refractivity contribution is -0.143. The Balaban J connectivity index is 2.81. The van der Waals surface area contributed by atoms with Crippen molar-refractivity contribution in [1.29, 1.82) is 0 Å². The summed E-state index contributed by atoms with van der Waals surface area (Å²) in [6.45, 7) is 6.82. The number of nitrogens with zero attached hydrogens (tertiary/aromatic N) is 1. The van der Waals surface area contributed by atoms with Crippen molar-refractivity contribution in [3.63, 3.8) is 0 Å². The zero-order chi connectivity index (χ0) is 15.5. The lowest BCUT2D eigenvalue weighted by Crippen LogP contribution is -2.44. The second-order valence-electron chi connectivity index (χ2n) is 5.94. The average molecular weight is 287 g/mol. The highest BCUT2D eigenvalue weighted by Gasteiger charge is 2.66. The third-order valence-electron chi connectivity index (χ3n) is 4.12. The first kappa shape index (κ1) is 16.9. The maximum atomic E-state index is 12.6. The minimum Gasteiger partial charge on any atom is -0.481 e. The molecule has 1 N–H and O–H groups in total. The van der Waals surface area contributed by atoms with Crippen molar-refractivity contribution in [2.24, 2.45) is 17.3 Å². The molecule has 20 heavy (non-hydrogen) atoms. The highest BCUT2D eigenvalue weighted by molar-refractivity contribution is 5.91. The SMILES string of the molecule is COCCN(C(=O)C1C(C(=O)O)C1(C)C)C(C)COC. The first-order valence-corrected chi connectivity index (χ1v) is 6.80. The molecule has 6 nitrogen and oxygen atoms in total. The largest absolute Gasteiger partial charge is 0.481 e. The van der Waals surface area contributed by atoms with E-state index in [0.29, 0.717) is 19.8 Å². The van der Waals surface area contributed by atoms with E-state index in [1.165, 1.54) is 0 Å². The number of carboxylic acids is 1. The van der Waals surface area contributed by atoms with Gasteiger partial charge in [-0.05, 0) is 12.3 Å². The molecule has 0 radical (unpaired) electrons. The van der Waals surface area contributed by atoms with Gasteiger partial charge in [0.2, 0.25) is 5.91 Å². The summed E-state index contributed by atoms with van der Waals surface area (Å²) in [4.78, 5) is 25.5. The molecule has 116 valence electrons. The van der Waals surface area contributed by atoms with Crippen LogP contribution in [0.1, 0.15) is 20.8 Å². The molecule has 1 saturated carbocycles. The lowest BCUT2D eigenvalue weighted by atomic mass is 10.1. The summed E-state index contributed by atoms with van der Waals surface area (Å²) in [5.41, 5.74) is -0.485. The Morgan fingerprint density at radius 1 is 1.25 bits per heavy atom. The normalized spacial score (nSPS) is 25.1. The summed E-state index contributed by atoms with van der Waals surface area (Å²) < 4.78 is 10.1. The van der Waals surface area contributed by atoms with Gasteiger partial charge >= 0.3 is 5.97 Å². The zero-order valence-corrected chi connectivity index (χ0v) is 12.9. The number of carbonyl (C=O) groups excluding carboxylic acids is 1. The van der Waals surface area contributed by atoms with Gasteiger partial charge in [-0.2, -0.15) is 0 Å². The average Bonchev–Trinajstić information content (AvgIpc) is 2.93. The van der Waals surface area contributed by atoms with Crippen LogP contribution in [0.5, 0.6) is 0 Å². The number of ether oxygens (including phenoxy) is 2. The van der Waals surface area contributed by atoms with Crippen molar-refractivity contribution in [2.45, 2.75) is 26.8 Å². The van der Waals surface area contributed by atoms with Crippen LogP contribution in [0.25, 0.3) is 0 Å². The molecule has 1 fully saturated rings. The van der Waals surface area contributed by atoms with Crippen LogP contribution in [0.4, 0.5) is 0 Å². The van der Waals surface area contributed by atoms with Gasteiger partial charge in [-0.15, -0.1) is 0 Å². The first-order valence-electron chi connectivity index (χ1n) is 6.80. The molecule has 0 bridgehead atoms. The Morgan fingerprint density at radius 2 is 1.85 bits per heavy atom. The van der Waals surface area contributed by atoms with Gasteiger partial charge in [0.25, 0.3) is 0 Å². The minimum atomic E-state index is -0.903.